The van der Waals surface area contributed by atoms with Gasteiger partial charge >= 0.3 is 0 Å². The van der Waals surface area contributed by atoms with Gasteiger partial charge in [0.25, 0.3) is 0 Å². The second-order valence-corrected chi connectivity index (χ2v) is 6.61. The topological polar surface area (TPSA) is 105 Å². The van der Waals surface area contributed by atoms with E-state index in [2.05, 4.69) is 16.8 Å². The Bertz CT molecular complexity index is 1080. The Labute approximate surface area is 183 Å². The van der Waals surface area contributed by atoms with Crippen LogP contribution in [0.3, 0.4) is 0 Å². The molecule has 0 saturated carbocycles. The summed E-state index contributed by atoms with van der Waals surface area (Å²) in [5.74, 6) is -0.279. The van der Waals surface area contributed by atoms with Crippen molar-refractivity contribution in [2.24, 2.45) is 10.2 Å². The first-order valence-electron chi connectivity index (χ1n) is 7.63. The number of phenols is 1. The van der Waals surface area contributed by atoms with E-state index in [0.29, 0.717) is 10.9 Å². The zero-order chi connectivity index (χ0) is 18.8. The van der Waals surface area contributed by atoms with Gasteiger partial charge in [0.05, 0.1) is 5.69 Å². The van der Waals surface area contributed by atoms with Crippen LogP contribution < -0.4 is 0 Å². The van der Waals surface area contributed by atoms with Crippen molar-refractivity contribution < 1.29 is 51.7 Å². The minimum Gasteiger partial charge on any atom is -0.768 e. The summed E-state index contributed by atoms with van der Waals surface area (Å²) in [6.45, 7) is 5.23. The molecule has 3 rings (SSSR count). The Morgan fingerprint density at radius 3 is 2.52 bits per heavy atom. The molecule has 27 heavy (non-hydrogen) atoms. The second kappa shape index (κ2) is 8.84. The van der Waals surface area contributed by atoms with Gasteiger partial charge in [0.1, 0.15) is 11.4 Å². The monoisotopic (exact) mass is 456 g/mol. The number of azo groups is 1. The van der Waals surface area contributed by atoms with E-state index in [1.807, 2.05) is 18.2 Å². The summed E-state index contributed by atoms with van der Waals surface area (Å²) in [5, 5.41) is 29.8. The fraction of sp³-hybridized carbons (Fsp3) is 0.0526. The van der Waals surface area contributed by atoms with Gasteiger partial charge in [-0.3, -0.25) is 4.21 Å². The van der Waals surface area contributed by atoms with Gasteiger partial charge in [-0.15, -0.1) is 10.2 Å². The van der Waals surface area contributed by atoms with E-state index in [1.165, 1.54) is 18.2 Å². The fourth-order valence-electron chi connectivity index (χ4n) is 2.63. The van der Waals surface area contributed by atoms with E-state index in [4.69, 9.17) is 0 Å². The van der Waals surface area contributed by atoms with Gasteiger partial charge in [-0.1, -0.05) is 30.8 Å². The Kier molecular flexibility index (Phi) is 7.00. The molecule has 0 saturated heterocycles. The summed E-state index contributed by atoms with van der Waals surface area (Å²) in [7, 11) is 0. The summed E-state index contributed by atoms with van der Waals surface area (Å²) < 4.78 is 22.3. The maximum atomic E-state index is 11.2. The zero-order valence-corrected chi connectivity index (χ0v) is 18.1. The molecule has 1 radical (unpaired) electrons. The molecule has 0 spiro atoms. The minimum absolute atomic E-state index is 0. The van der Waals surface area contributed by atoms with Crippen molar-refractivity contribution in [1.82, 2.24) is 0 Å². The van der Waals surface area contributed by atoms with Crippen molar-refractivity contribution in [1.29, 1.82) is 0 Å². The van der Waals surface area contributed by atoms with Crippen molar-refractivity contribution in [3.05, 3.63) is 66.2 Å². The SMILES string of the molecule is C=C(O)c1ccc(S(=O)[O-])cc1N=Nc1c(C)cc2ccccc2c1O.[Y]. The Morgan fingerprint density at radius 1 is 1.15 bits per heavy atom. The minimum atomic E-state index is -2.45. The van der Waals surface area contributed by atoms with E-state index >= 15 is 0 Å². The van der Waals surface area contributed by atoms with Gasteiger partial charge in [0.2, 0.25) is 0 Å². The maximum absolute atomic E-state index is 11.2. The number of aliphatic hydroxyl groups is 1. The van der Waals surface area contributed by atoms with E-state index in [0.717, 1.165) is 5.39 Å². The molecule has 0 aromatic heterocycles. The summed E-state index contributed by atoms with van der Waals surface area (Å²) >= 11 is -2.45. The molecule has 135 valence electrons. The number of aryl methyl sites for hydroxylation is 1. The van der Waals surface area contributed by atoms with Crippen LogP contribution in [0.5, 0.6) is 5.75 Å². The largest absolute Gasteiger partial charge is 0.768 e. The number of nitrogens with zero attached hydrogens (tertiary/aromatic N) is 2. The third kappa shape index (κ3) is 4.50. The molecule has 2 N–H and O–H groups in total. The molecule has 0 fully saturated rings. The number of phenolic OH excluding ortho intramolecular Hbond substituents is 1. The molecule has 0 aliphatic carbocycles. The van der Waals surface area contributed by atoms with Crippen molar-refractivity contribution in [3.63, 3.8) is 0 Å². The normalized spacial score (nSPS) is 12.1. The van der Waals surface area contributed by atoms with Crippen LogP contribution in [0.15, 0.2) is 70.2 Å². The van der Waals surface area contributed by atoms with Gasteiger partial charge in [-0.25, -0.2) is 0 Å². The van der Waals surface area contributed by atoms with Crippen LogP contribution in [-0.4, -0.2) is 19.0 Å². The molecule has 0 aliphatic rings. The third-order valence-corrected chi connectivity index (χ3v) is 4.55. The quantitative estimate of drug-likeness (QED) is 0.326. The Hall–Kier alpha value is -1.93. The van der Waals surface area contributed by atoms with Crippen LogP contribution in [-0.2, 0) is 43.8 Å². The van der Waals surface area contributed by atoms with Crippen LogP contribution >= 0.6 is 0 Å². The van der Waals surface area contributed by atoms with Crippen LogP contribution in [0.2, 0.25) is 0 Å². The molecule has 0 aliphatic heterocycles. The van der Waals surface area contributed by atoms with Crippen LogP contribution in [0.25, 0.3) is 16.5 Å². The number of aliphatic hydroxyl groups excluding tert-OH is 1. The van der Waals surface area contributed by atoms with E-state index in [1.54, 1.807) is 19.1 Å². The second-order valence-electron chi connectivity index (χ2n) is 5.67. The molecular formula is C19H15N2O4SY-. The van der Waals surface area contributed by atoms with Crippen molar-refractivity contribution >= 4 is 39.0 Å². The number of benzene rings is 3. The summed E-state index contributed by atoms with van der Waals surface area (Å²) in [6.07, 6.45) is 0. The van der Waals surface area contributed by atoms with Gasteiger partial charge in [0.15, 0.2) is 5.75 Å². The van der Waals surface area contributed by atoms with E-state index < -0.39 is 11.1 Å². The molecule has 6 nitrogen and oxygen atoms in total. The summed E-state index contributed by atoms with van der Waals surface area (Å²) in [6, 6.07) is 13.2. The standard InChI is InChI=1S/C19H16N2O4S.Y/c1-11-9-13-5-3-4-6-16(13)19(23)18(11)21-20-17-10-14(26(24)25)7-8-15(17)12(2)22;/h3-10,22-23H,2H2,1H3,(H,24,25);/p-1. The van der Waals surface area contributed by atoms with Crippen LogP contribution in [0, 0.1) is 6.92 Å². The van der Waals surface area contributed by atoms with Gasteiger partial charge in [-0.2, -0.15) is 0 Å². The molecule has 3 aromatic carbocycles. The molecule has 1 atom stereocenters. The molecule has 0 amide bonds. The first-order chi connectivity index (χ1) is 12.4. The zero-order valence-electron chi connectivity index (χ0n) is 14.4. The average molecular weight is 456 g/mol. The maximum Gasteiger partial charge on any atom is 0.151 e. The number of aromatic hydroxyl groups is 1. The number of hydrogen-bond acceptors (Lipinski definition) is 6. The smallest absolute Gasteiger partial charge is 0.151 e. The Balaban J connectivity index is 0.00000261. The van der Waals surface area contributed by atoms with Crippen LogP contribution in [0.4, 0.5) is 11.4 Å². The third-order valence-electron chi connectivity index (χ3n) is 3.92. The summed E-state index contributed by atoms with van der Waals surface area (Å²) in [4.78, 5) is 0.00315. The van der Waals surface area contributed by atoms with E-state index in [-0.39, 0.29) is 66.1 Å². The van der Waals surface area contributed by atoms with Gasteiger partial charge < -0.3 is 14.8 Å². The predicted octanol–water partition coefficient (Wildman–Crippen LogP) is 5.03. The summed E-state index contributed by atoms with van der Waals surface area (Å²) in [5.41, 5.74) is 1.36. The molecule has 0 heterocycles. The molecule has 8 heteroatoms. The predicted molar refractivity (Wildman–Crippen MR) is 99.8 cm³/mol. The number of rotatable bonds is 4. The van der Waals surface area contributed by atoms with E-state index in [9.17, 15) is 19.0 Å². The van der Waals surface area contributed by atoms with Gasteiger partial charge in [-0.05, 0) is 53.2 Å². The van der Waals surface area contributed by atoms with Crippen LogP contribution in [0.1, 0.15) is 11.1 Å². The average Bonchev–Trinajstić information content (AvgIpc) is 2.61. The molecule has 1 unspecified atom stereocenters. The number of hydrogen-bond donors (Lipinski definition) is 2. The molecule has 0 bridgehead atoms. The van der Waals surface area contributed by atoms with Crippen molar-refractivity contribution in [2.75, 3.05) is 0 Å². The molecular weight excluding hydrogens is 441 g/mol. The van der Waals surface area contributed by atoms with Crippen molar-refractivity contribution in [3.8, 4) is 5.75 Å². The fourth-order valence-corrected chi connectivity index (χ4v) is 3.01. The first kappa shape index (κ1) is 21.4. The molecule has 3 aromatic rings. The first-order valence-corrected chi connectivity index (χ1v) is 8.70. The van der Waals surface area contributed by atoms with Gasteiger partial charge in [0, 0.05) is 48.6 Å². The van der Waals surface area contributed by atoms with Crippen molar-refractivity contribution in [2.45, 2.75) is 11.8 Å². The number of fused-ring (bicyclic) bond motifs is 1. The Morgan fingerprint density at radius 2 is 1.85 bits per heavy atom.